The van der Waals surface area contributed by atoms with Crippen LogP contribution in [0.3, 0.4) is 0 Å². The van der Waals surface area contributed by atoms with Gasteiger partial charge in [-0.1, -0.05) is 140 Å². The molecule has 3 heterocycles. The SMILES string of the molecule is Cc1cc2c3c(c1)N(c1ccc(C(C)(C)C)cc1[Si](C)C)c1c(oc4ccc(C(C)(C)C)cc14)B3c1cc3c(cc1N2c1ccc2c(c1)C(C)(C)CCC2(C)C)C(C)(C)CCC3(C)C. The van der Waals surface area contributed by atoms with Crippen molar-refractivity contribution in [2.75, 3.05) is 9.80 Å². The largest absolute Gasteiger partial charge is 0.468 e. The van der Waals surface area contributed by atoms with Crippen molar-refractivity contribution in [3.8, 4) is 0 Å². The molecule has 6 aromatic rings. The number of rotatable bonds is 3. The van der Waals surface area contributed by atoms with E-state index in [0.717, 1.165) is 11.2 Å². The van der Waals surface area contributed by atoms with E-state index in [1.54, 1.807) is 0 Å². The molecule has 4 aliphatic rings. The highest BCUT2D eigenvalue weighted by Crippen LogP contribution is 2.53. The number of hydrogen-bond acceptors (Lipinski definition) is 3. The second kappa shape index (κ2) is 13.8. The van der Waals surface area contributed by atoms with Crippen LogP contribution in [0.2, 0.25) is 13.1 Å². The topological polar surface area (TPSA) is 19.6 Å². The Morgan fingerprint density at radius 2 is 1.08 bits per heavy atom. The van der Waals surface area contributed by atoms with E-state index >= 15 is 0 Å². The van der Waals surface area contributed by atoms with Crippen LogP contribution in [0.1, 0.15) is 162 Å². The molecule has 0 atom stereocenters. The van der Waals surface area contributed by atoms with Gasteiger partial charge in [-0.05, 0) is 169 Å². The van der Waals surface area contributed by atoms with Gasteiger partial charge in [0.25, 0.3) is 6.71 Å². The fourth-order valence-corrected chi connectivity index (χ4v) is 13.1. The van der Waals surface area contributed by atoms with Crippen molar-refractivity contribution < 1.29 is 4.42 Å². The first-order valence-electron chi connectivity index (χ1n) is 24.3. The van der Waals surface area contributed by atoms with E-state index in [9.17, 15) is 0 Å². The molecule has 0 fully saturated rings. The maximum Gasteiger partial charge on any atom is 0.297 e. The third-order valence-corrected chi connectivity index (χ3v) is 17.9. The van der Waals surface area contributed by atoms with E-state index in [1.807, 2.05) is 0 Å². The maximum atomic E-state index is 7.48. The van der Waals surface area contributed by atoms with Crippen LogP contribution in [0.25, 0.3) is 11.0 Å². The van der Waals surface area contributed by atoms with Crippen molar-refractivity contribution in [2.24, 2.45) is 0 Å². The monoisotopic (exact) mass is 864 g/mol. The van der Waals surface area contributed by atoms with Gasteiger partial charge in [-0.25, -0.2) is 0 Å². The lowest BCUT2D eigenvalue weighted by Gasteiger charge is -2.47. The second-order valence-electron chi connectivity index (χ2n) is 25.3. The molecular formula is C59H72BN2OSi. The lowest BCUT2D eigenvalue weighted by Crippen LogP contribution is -2.61. The summed E-state index contributed by atoms with van der Waals surface area (Å²) >= 11 is 0. The Morgan fingerprint density at radius 3 is 1.67 bits per heavy atom. The summed E-state index contributed by atoms with van der Waals surface area (Å²) in [5, 5.41) is 2.66. The molecule has 0 spiro atoms. The summed E-state index contributed by atoms with van der Waals surface area (Å²) < 4.78 is 7.48. The molecule has 64 heavy (non-hydrogen) atoms. The predicted molar refractivity (Wildman–Crippen MR) is 280 cm³/mol. The van der Waals surface area contributed by atoms with Crippen LogP contribution in [0.15, 0.2) is 83.3 Å². The average molecular weight is 864 g/mol. The lowest BCUT2D eigenvalue weighted by atomic mass is 9.35. The normalized spacial score (nSPS) is 19.0. The van der Waals surface area contributed by atoms with Crippen molar-refractivity contribution in [3.63, 3.8) is 0 Å². The van der Waals surface area contributed by atoms with Gasteiger partial charge in [0.2, 0.25) is 0 Å². The van der Waals surface area contributed by atoms with Gasteiger partial charge in [0.15, 0.2) is 0 Å². The Kier molecular flexibility index (Phi) is 9.35. The average Bonchev–Trinajstić information content (AvgIpc) is 3.58. The van der Waals surface area contributed by atoms with Gasteiger partial charge in [-0.3, -0.25) is 0 Å². The Balaban J connectivity index is 1.35. The van der Waals surface area contributed by atoms with Gasteiger partial charge in [0.1, 0.15) is 5.58 Å². The zero-order valence-corrected chi connectivity index (χ0v) is 43.2. The summed E-state index contributed by atoms with van der Waals surface area (Å²) in [4.78, 5) is 5.33. The molecule has 0 bridgehead atoms. The Morgan fingerprint density at radius 1 is 0.547 bits per heavy atom. The zero-order valence-electron chi connectivity index (χ0n) is 42.2. The number of benzene rings is 5. The van der Waals surface area contributed by atoms with Crippen molar-refractivity contribution in [3.05, 3.63) is 118 Å². The number of furan rings is 1. The van der Waals surface area contributed by atoms with Crippen LogP contribution in [-0.2, 0) is 32.5 Å². The predicted octanol–water partition coefficient (Wildman–Crippen LogP) is 14.1. The van der Waals surface area contributed by atoms with E-state index in [4.69, 9.17) is 4.42 Å². The van der Waals surface area contributed by atoms with E-state index < -0.39 is 8.80 Å². The smallest absolute Gasteiger partial charge is 0.297 e. The van der Waals surface area contributed by atoms with Crippen LogP contribution in [0, 0.1) is 6.92 Å². The minimum absolute atomic E-state index is 0.0178. The van der Waals surface area contributed by atoms with Crippen LogP contribution < -0.4 is 31.6 Å². The third-order valence-electron chi connectivity index (χ3n) is 16.4. The van der Waals surface area contributed by atoms with Crippen LogP contribution in [0.5, 0.6) is 0 Å². The van der Waals surface area contributed by atoms with Gasteiger partial charge in [0, 0.05) is 33.8 Å². The first-order chi connectivity index (χ1) is 29.7. The Labute approximate surface area is 387 Å². The van der Waals surface area contributed by atoms with Crippen molar-refractivity contribution in [1.82, 2.24) is 0 Å². The molecule has 0 saturated heterocycles. The first kappa shape index (κ1) is 43.4. The molecule has 0 amide bonds. The molecule has 0 N–H and O–H groups in total. The van der Waals surface area contributed by atoms with Crippen LogP contribution >= 0.6 is 0 Å². The summed E-state index contributed by atoms with van der Waals surface area (Å²) in [5.74, 6) is 0. The van der Waals surface area contributed by atoms with Gasteiger partial charge >= 0.3 is 0 Å². The molecule has 0 saturated carbocycles. The molecule has 1 aromatic heterocycles. The molecule has 3 nitrogen and oxygen atoms in total. The van der Waals surface area contributed by atoms with Crippen LogP contribution in [0.4, 0.5) is 34.1 Å². The van der Waals surface area contributed by atoms with Crippen molar-refractivity contribution in [1.29, 1.82) is 0 Å². The molecule has 1 radical (unpaired) electrons. The number of anilines is 6. The number of nitrogens with zero attached hydrogens (tertiary/aromatic N) is 2. The third kappa shape index (κ3) is 6.47. The minimum Gasteiger partial charge on any atom is -0.468 e. The lowest BCUT2D eigenvalue weighted by molar-refractivity contribution is 0.332. The number of hydrogen-bond donors (Lipinski definition) is 0. The molecule has 10 rings (SSSR count). The molecule has 5 aromatic carbocycles. The van der Waals surface area contributed by atoms with Gasteiger partial charge in [-0.15, -0.1) is 0 Å². The van der Waals surface area contributed by atoms with Gasteiger partial charge in [-0.2, -0.15) is 0 Å². The summed E-state index contributed by atoms with van der Waals surface area (Å²) in [6, 6.07) is 32.1. The molecule has 2 aliphatic heterocycles. The summed E-state index contributed by atoms with van der Waals surface area (Å²) in [7, 11) is -0.914. The highest BCUT2D eigenvalue weighted by atomic mass is 28.3. The van der Waals surface area contributed by atoms with E-state index in [-0.39, 0.29) is 39.2 Å². The van der Waals surface area contributed by atoms with Gasteiger partial charge in [0.05, 0.1) is 20.1 Å². The Bertz CT molecular complexity index is 2930. The minimum atomic E-state index is -0.914. The van der Waals surface area contributed by atoms with E-state index in [2.05, 4.69) is 206 Å². The van der Waals surface area contributed by atoms with Crippen LogP contribution in [-0.4, -0.2) is 15.5 Å². The highest BCUT2D eigenvalue weighted by Gasteiger charge is 2.50. The zero-order chi connectivity index (χ0) is 46.0. The molecule has 5 heteroatoms. The number of fused-ring (bicyclic) bond motifs is 8. The first-order valence-corrected chi connectivity index (χ1v) is 26.8. The highest BCUT2D eigenvalue weighted by molar-refractivity contribution is 7.00. The van der Waals surface area contributed by atoms with E-state index in [0.29, 0.717) is 0 Å². The fraction of sp³-hybridized carbons (Fsp3) is 0.458. The fourth-order valence-electron chi connectivity index (χ4n) is 12.0. The van der Waals surface area contributed by atoms with Crippen molar-refractivity contribution >= 4 is 82.4 Å². The molecule has 2 aliphatic carbocycles. The molecule has 331 valence electrons. The molecule has 0 unspecified atom stereocenters. The van der Waals surface area contributed by atoms with Gasteiger partial charge < -0.3 is 14.2 Å². The summed E-state index contributed by atoms with van der Waals surface area (Å²) in [5.41, 5.74) is 22.6. The standard InChI is InChI=1S/C59H72BN2OSi/c1-35-28-47-51-48(29-35)62(45-22-18-37(55(5,6)7)31-50(45)64(16)17)52-39-30-36(54(2,3)4)19-23-49(39)63-53(52)60(51)44-33-42-43(59(14,15)27-26-58(42,12)13)34-46(44)61(47)38-20-21-40-41(32-38)57(10,11)25-24-56(40,8)9/h18-23,28-34H,24-27H2,1-17H3. The van der Waals surface area contributed by atoms with Crippen molar-refractivity contribution in [2.45, 2.75) is 175 Å². The summed E-state index contributed by atoms with van der Waals surface area (Å²) in [6.07, 6.45) is 4.72. The quantitative estimate of drug-likeness (QED) is 0.165. The summed E-state index contributed by atoms with van der Waals surface area (Å²) in [6.45, 7) is 40.9. The Hall–Kier alpha value is -4.48. The number of aryl methyl sites for hydroxylation is 1. The van der Waals surface area contributed by atoms with E-state index in [1.165, 1.54) is 120 Å². The maximum absolute atomic E-state index is 7.48. The second-order valence-corrected chi connectivity index (χ2v) is 27.8. The molecular weight excluding hydrogens is 792 g/mol.